The number of aldehydes is 1. The zero-order chi connectivity index (χ0) is 25.2. The third-order valence-electron chi connectivity index (χ3n) is 12.7. The van der Waals surface area contributed by atoms with Crippen LogP contribution in [-0.2, 0) is 9.53 Å². The summed E-state index contributed by atoms with van der Waals surface area (Å²) >= 11 is 0. The first kappa shape index (κ1) is 26.6. The molecular weight excluding hydrogens is 418 g/mol. The van der Waals surface area contributed by atoms with Crippen molar-refractivity contribution in [1.82, 2.24) is 0 Å². The average molecular weight is 474 g/mol. The number of carbonyl (C=O) groups excluding carboxylic acids is 1. The molecule has 9 atom stereocenters. The van der Waals surface area contributed by atoms with Crippen molar-refractivity contribution in [2.45, 2.75) is 119 Å². The molecule has 0 heterocycles. The number of rotatable bonds is 7. The normalized spacial score (nSPS) is 47.9. The molecule has 0 aromatic heterocycles. The molecule has 3 heteroatoms. The van der Waals surface area contributed by atoms with E-state index in [1.807, 2.05) is 0 Å². The highest BCUT2D eigenvalue weighted by Gasteiger charge is 2.69. The molecule has 3 nitrogen and oxygen atoms in total. The van der Waals surface area contributed by atoms with Gasteiger partial charge in [0.15, 0.2) is 0 Å². The lowest BCUT2D eigenvalue weighted by Crippen LogP contribution is -2.64. The van der Waals surface area contributed by atoms with Gasteiger partial charge in [0, 0.05) is 13.0 Å². The summed E-state index contributed by atoms with van der Waals surface area (Å²) in [6.07, 6.45) is 12.0. The number of fused-ring (bicyclic) bond motifs is 5. The van der Waals surface area contributed by atoms with Crippen LogP contribution in [0.2, 0.25) is 0 Å². The van der Waals surface area contributed by atoms with Gasteiger partial charge in [0.25, 0.3) is 0 Å². The van der Waals surface area contributed by atoms with Gasteiger partial charge in [0.05, 0.1) is 12.2 Å². The Morgan fingerprint density at radius 2 is 1.68 bits per heavy atom. The fourth-order valence-electron chi connectivity index (χ4n) is 10.7. The highest BCUT2D eigenvalue weighted by molar-refractivity contribution is 5.49. The minimum atomic E-state index is -0.00235. The maximum absolute atomic E-state index is 11.1. The lowest BCUT2D eigenvalue weighted by molar-refractivity contribution is -0.228. The summed E-state index contributed by atoms with van der Waals surface area (Å²) in [6, 6.07) is 0. The van der Waals surface area contributed by atoms with Crippen molar-refractivity contribution >= 4 is 6.29 Å². The van der Waals surface area contributed by atoms with Crippen LogP contribution in [0.25, 0.3) is 0 Å². The molecule has 4 aliphatic carbocycles. The second kappa shape index (κ2) is 8.86. The molecule has 34 heavy (non-hydrogen) atoms. The first-order valence-corrected chi connectivity index (χ1v) is 14.5. The van der Waals surface area contributed by atoms with Gasteiger partial charge >= 0.3 is 0 Å². The van der Waals surface area contributed by atoms with Crippen molar-refractivity contribution in [3.05, 3.63) is 0 Å². The summed E-state index contributed by atoms with van der Waals surface area (Å²) in [5.41, 5.74) is 7.28. The Kier molecular flexibility index (Phi) is 6.94. The number of ether oxygens (including phenoxy) is 1. The molecule has 4 aliphatic rings. The van der Waals surface area contributed by atoms with Crippen molar-refractivity contribution in [1.29, 1.82) is 0 Å². The molecule has 196 valence electrons. The molecule has 0 bridgehead atoms. The van der Waals surface area contributed by atoms with Crippen molar-refractivity contribution in [3.8, 4) is 0 Å². The molecular formula is C31H55NO2. The number of nitrogens with two attached hydrogens (primary N) is 1. The van der Waals surface area contributed by atoms with Crippen LogP contribution < -0.4 is 5.73 Å². The predicted octanol–water partition coefficient (Wildman–Crippen LogP) is 7.27. The van der Waals surface area contributed by atoms with Gasteiger partial charge in [0.2, 0.25) is 0 Å². The van der Waals surface area contributed by atoms with Crippen molar-refractivity contribution in [2.75, 3.05) is 13.2 Å². The standard InChI is InChI=1S/C31H55NO2/c1-21(10-9-16-33)23-11-12-24-26-25(20-28(4,5)31(23,24)8)30(7)14-13-29(6,34-17-15-32)19-22(30)18-27(26,2)3/h16,21-26H,9-15,17-20,32H2,1-8H3. The van der Waals surface area contributed by atoms with Crippen LogP contribution in [0, 0.1) is 57.2 Å². The Bertz CT molecular complexity index is 761. The summed E-state index contributed by atoms with van der Waals surface area (Å²) in [5.74, 6) is 4.54. The first-order chi connectivity index (χ1) is 15.8. The lowest BCUT2D eigenvalue weighted by atomic mass is 9.35. The second-order valence-corrected chi connectivity index (χ2v) is 15.2. The molecule has 9 unspecified atom stereocenters. The van der Waals surface area contributed by atoms with Crippen LogP contribution >= 0.6 is 0 Å². The van der Waals surface area contributed by atoms with E-state index in [2.05, 4.69) is 55.4 Å². The van der Waals surface area contributed by atoms with Gasteiger partial charge in [0.1, 0.15) is 6.29 Å². The van der Waals surface area contributed by atoms with Crippen LogP contribution in [-0.4, -0.2) is 25.0 Å². The Morgan fingerprint density at radius 3 is 2.32 bits per heavy atom. The van der Waals surface area contributed by atoms with E-state index in [1.54, 1.807) is 0 Å². The minimum Gasteiger partial charge on any atom is -0.374 e. The second-order valence-electron chi connectivity index (χ2n) is 15.2. The largest absolute Gasteiger partial charge is 0.374 e. The summed E-state index contributed by atoms with van der Waals surface area (Å²) in [7, 11) is 0. The van der Waals surface area contributed by atoms with Gasteiger partial charge in [-0.15, -0.1) is 0 Å². The van der Waals surface area contributed by atoms with E-state index in [9.17, 15) is 4.79 Å². The van der Waals surface area contributed by atoms with Crippen LogP contribution in [0.15, 0.2) is 0 Å². The maximum atomic E-state index is 11.1. The van der Waals surface area contributed by atoms with Gasteiger partial charge in [-0.2, -0.15) is 0 Å². The van der Waals surface area contributed by atoms with Gasteiger partial charge in [-0.25, -0.2) is 0 Å². The minimum absolute atomic E-state index is 0.00235. The van der Waals surface area contributed by atoms with E-state index in [1.165, 1.54) is 44.9 Å². The highest BCUT2D eigenvalue weighted by Crippen LogP contribution is 2.76. The molecule has 4 rings (SSSR count). The summed E-state index contributed by atoms with van der Waals surface area (Å²) in [5, 5.41) is 0. The van der Waals surface area contributed by atoms with E-state index in [0.717, 1.165) is 48.7 Å². The molecule has 0 saturated heterocycles. The topological polar surface area (TPSA) is 52.3 Å². The third-order valence-corrected chi connectivity index (χ3v) is 12.7. The number of hydrogen-bond acceptors (Lipinski definition) is 3. The molecule has 4 saturated carbocycles. The molecule has 0 radical (unpaired) electrons. The lowest BCUT2D eigenvalue weighted by Gasteiger charge is -2.70. The zero-order valence-electron chi connectivity index (χ0n) is 23.7. The molecule has 2 N–H and O–H groups in total. The average Bonchev–Trinajstić information content (AvgIpc) is 3.11. The Hall–Kier alpha value is -0.410. The van der Waals surface area contributed by atoms with Crippen LogP contribution in [0.1, 0.15) is 113 Å². The fourth-order valence-corrected chi connectivity index (χ4v) is 10.7. The highest BCUT2D eigenvalue weighted by atomic mass is 16.5. The van der Waals surface area contributed by atoms with Crippen molar-refractivity contribution < 1.29 is 9.53 Å². The molecule has 0 aromatic rings. The van der Waals surface area contributed by atoms with Crippen molar-refractivity contribution in [3.63, 3.8) is 0 Å². The summed E-state index contributed by atoms with van der Waals surface area (Å²) in [6.45, 7) is 21.9. The van der Waals surface area contributed by atoms with Gasteiger partial charge in [-0.05, 0) is 115 Å². The molecule has 0 amide bonds. The van der Waals surface area contributed by atoms with E-state index >= 15 is 0 Å². The van der Waals surface area contributed by atoms with E-state index < -0.39 is 0 Å². The maximum Gasteiger partial charge on any atom is 0.120 e. The number of carbonyl (C=O) groups is 1. The Labute approximate surface area is 210 Å². The predicted molar refractivity (Wildman–Crippen MR) is 141 cm³/mol. The van der Waals surface area contributed by atoms with Gasteiger partial charge in [-0.3, -0.25) is 0 Å². The van der Waals surface area contributed by atoms with E-state index in [0.29, 0.717) is 40.7 Å². The third kappa shape index (κ3) is 3.94. The van der Waals surface area contributed by atoms with Gasteiger partial charge in [-0.1, -0.05) is 48.5 Å². The van der Waals surface area contributed by atoms with Crippen molar-refractivity contribution in [2.24, 2.45) is 62.9 Å². The first-order valence-electron chi connectivity index (χ1n) is 14.5. The summed E-state index contributed by atoms with van der Waals surface area (Å²) < 4.78 is 6.37. The monoisotopic (exact) mass is 473 g/mol. The molecule has 4 fully saturated rings. The smallest absolute Gasteiger partial charge is 0.120 e. The zero-order valence-corrected chi connectivity index (χ0v) is 23.7. The van der Waals surface area contributed by atoms with Gasteiger partial charge < -0.3 is 15.3 Å². The van der Waals surface area contributed by atoms with Crippen LogP contribution in [0.5, 0.6) is 0 Å². The van der Waals surface area contributed by atoms with E-state index in [4.69, 9.17) is 10.5 Å². The fraction of sp³-hybridized carbons (Fsp3) is 0.968. The van der Waals surface area contributed by atoms with E-state index in [-0.39, 0.29) is 5.60 Å². The SMILES string of the molecule is CC(CCC=O)C1CCC2C3C(CC(C)(C)C12C)C1(C)CCC(C)(OCCN)CC1CC3(C)C. The Balaban J connectivity index is 1.67. The Morgan fingerprint density at radius 1 is 0.971 bits per heavy atom. The summed E-state index contributed by atoms with van der Waals surface area (Å²) in [4.78, 5) is 11.1. The molecule has 0 aliphatic heterocycles. The number of hydrogen-bond donors (Lipinski definition) is 1. The van der Waals surface area contributed by atoms with Crippen LogP contribution in [0.4, 0.5) is 0 Å². The van der Waals surface area contributed by atoms with Crippen LogP contribution in [0.3, 0.4) is 0 Å². The molecule has 0 aromatic carbocycles. The quantitative estimate of drug-likeness (QED) is 0.396. The molecule has 0 spiro atoms.